The Morgan fingerprint density at radius 3 is 2.08 bits per heavy atom. The molecule has 0 aliphatic heterocycles. The molecule has 1 aromatic carbocycles. The van der Waals surface area contributed by atoms with Crippen molar-refractivity contribution >= 4 is 0 Å². The molecule has 2 aliphatic rings. The Bertz CT molecular complexity index is 565. The van der Waals surface area contributed by atoms with Crippen molar-refractivity contribution in [2.45, 2.75) is 70.1 Å². The minimum atomic E-state index is -0.754. The SMILES string of the molecule is F/C=C/CC[C@H]1CC[C@H](C2CCC(c3ccc(F)c(F)c3)CC2)CC1. The van der Waals surface area contributed by atoms with E-state index >= 15 is 0 Å². The van der Waals surface area contributed by atoms with E-state index in [0.29, 0.717) is 12.2 Å². The predicted octanol–water partition coefficient (Wildman–Crippen LogP) is 7.31. The van der Waals surface area contributed by atoms with Crippen molar-refractivity contribution in [2.75, 3.05) is 0 Å². The van der Waals surface area contributed by atoms with Gasteiger partial charge in [0.2, 0.25) is 0 Å². The van der Waals surface area contributed by atoms with Crippen molar-refractivity contribution < 1.29 is 13.2 Å². The molecular weight excluding hydrogens is 321 g/mol. The summed E-state index contributed by atoms with van der Waals surface area (Å²) in [6.45, 7) is 0. The summed E-state index contributed by atoms with van der Waals surface area (Å²) >= 11 is 0. The maximum atomic E-state index is 13.4. The minimum Gasteiger partial charge on any atom is -0.216 e. The van der Waals surface area contributed by atoms with Gasteiger partial charge in [-0.2, -0.15) is 0 Å². The average molecular weight is 350 g/mol. The molecule has 0 N–H and O–H groups in total. The van der Waals surface area contributed by atoms with E-state index in [1.807, 2.05) is 0 Å². The second kappa shape index (κ2) is 8.91. The summed E-state index contributed by atoms with van der Waals surface area (Å²) in [5, 5.41) is 0. The molecule has 0 unspecified atom stereocenters. The summed E-state index contributed by atoms with van der Waals surface area (Å²) < 4.78 is 38.6. The molecule has 0 spiro atoms. The van der Waals surface area contributed by atoms with Crippen molar-refractivity contribution in [2.24, 2.45) is 17.8 Å². The molecule has 0 amide bonds. The molecule has 0 saturated heterocycles. The van der Waals surface area contributed by atoms with Gasteiger partial charge in [0.15, 0.2) is 11.6 Å². The maximum Gasteiger partial charge on any atom is 0.159 e. The number of halogens is 3. The third kappa shape index (κ3) is 4.89. The maximum absolute atomic E-state index is 13.4. The van der Waals surface area contributed by atoms with Crippen molar-refractivity contribution in [1.29, 1.82) is 0 Å². The quantitative estimate of drug-likeness (QED) is 0.522. The Kier molecular flexibility index (Phi) is 6.61. The highest BCUT2D eigenvalue weighted by molar-refractivity contribution is 5.22. The second-order valence-electron chi connectivity index (χ2n) is 8.01. The van der Waals surface area contributed by atoms with Gasteiger partial charge in [0.05, 0.1) is 6.33 Å². The zero-order chi connectivity index (χ0) is 17.6. The number of allylic oxidation sites excluding steroid dienone is 1. The fraction of sp³-hybridized carbons (Fsp3) is 0.636. The monoisotopic (exact) mass is 350 g/mol. The lowest BCUT2D eigenvalue weighted by Crippen LogP contribution is -2.25. The van der Waals surface area contributed by atoms with E-state index in [2.05, 4.69) is 0 Å². The summed E-state index contributed by atoms with van der Waals surface area (Å²) in [6, 6.07) is 4.40. The molecule has 2 fully saturated rings. The van der Waals surface area contributed by atoms with Crippen molar-refractivity contribution in [3.8, 4) is 0 Å². The zero-order valence-corrected chi connectivity index (χ0v) is 14.9. The van der Waals surface area contributed by atoms with Gasteiger partial charge >= 0.3 is 0 Å². The third-order valence-electron chi connectivity index (χ3n) is 6.58. The molecule has 3 rings (SSSR count). The van der Waals surface area contributed by atoms with Crippen LogP contribution in [-0.2, 0) is 0 Å². The lowest BCUT2D eigenvalue weighted by atomic mass is 9.68. The van der Waals surface area contributed by atoms with E-state index in [-0.39, 0.29) is 0 Å². The smallest absolute Gasteiger partial charge is 0.159 e. The first-order chi connectivity index (χ1) is 12.2. The molecule has 0 radical (unpaired) electrons. The van der Waals surface area contributed by atoms with Crippen LogP contribution in [0.5, 0.6) is 0 Å². The summed E-state index contributed by atoms with van der Waals surface area (Å²) in [5.41, 5.74) is 0.960. The molecule has 3 heteroatoms. The van der Waals surface area contributed by atoms with Crippen LogP contribution in [0.3, 0.4) is 0 Å². The van der Waals surface area contributed by atoms with Crippen LogP contribution < -0.4 is 0 Å². The van der Waals surface area contributed by atoms with E-state index in [1.54, 1.807) is 12.1 Å². The Balaban J connectivity index is 1.44. The first kappa shape index (κ1) is 18.5. The summed E-state index contributed by atoms with van der Waals surface area (Å²) in [6.07, 6.45) is 14.1. The van der Waals surface area contributed by atoms with Crippen LogP contribution in [0.25, 0.3) is 0 Å². The molecule has 25 heavy (non-hydrogen) atoms. The van der Waals surface area contributed by atoms with Crippen molar-refractivity contribution in [3.05, 3.63) is 47.8 Å². The highest BCUT2D eigenvalue weighted by Gasteiger charge is 2.31. The molecule has 138 valence electrons. The molecule has 0 heterocycles. The minimum absolute atomic E-state index is 0.384. The van der Waals surface area contributed by atoms with Gasteiger partial charge in [0.25, 0.3) is 0 Å². The normalized spacial score (nSPS) is 30.7. The molecule has 0 nitrogen and oxygen atoms in total. The number of hydrogen-bond donors (Lipinski definition) is 0. The van der Waals surface area contributed by atoms with Gasteiger partial charge in [-0.25, -0.2) is 13.2 Å². The van der Waals surface area contributed by atoms with Gasteiger partial charge in [-0.3, -0.25) is 0 Å². The Labute approximate surface area is 149 Å². The van der Waals surface area contributed by atoms with Gasteiger partial charge < -0.3 is 0 Å². The Morgan fingerprint density at radius 1 is 0.840 bits per heavy atom. The molecule has 0 bridgehead atoms. The van der Waals surface area contributed by atoms with E-state index in [0.717, 1.165) is 49.0 Å². The van der Waals surface area contributed by atoms with Crippen LogP contribution in [-0.4, -0.2) is 0 Å². The summed E-state index contributed by atoms with van der Waals surface area (Å²) in [7, 11) is 0. The van der Waals surface area contributed by atoms with Crippen LogP contribution >= 0.6 is 0 Å². The van der Waals surface area contributed by atoms with E-state index in [4.69, 9.17) is 0 Å². The molecule has 2 aliphatic carbocycles. The second-order valence-corrected chi connectivity index (χ2v) is 8.01. The van der Waals surface area contributed by atoms with E-state index in [1.165, 1.54) is 50.7 Å². The van der Waals surface area contributed by atoms with Crippen LogP contribution in [0.4, 0.5) is 13.2 Å². The van der Waals surface area contributed by atoms with E-state index < -0.39 is 11.6 Å². The molecule has 0 atom stereocenters. The molecule has 2 saturated carbocycles. The molecule has 0 aromatic heterocycles. The van der Waals surface area contributed by atoms with Gasteiger partial charge in [0.1, 0.15) is 0 Å². The fourth-order valence-electron chi connectivity index (χ4n) is 5.03. The Hall–Kier alpha value is -1.25. The predicted molar refractivity (Wildman–Crippen MR) is 96.0 cm³/mol. The van der Waals surface area contributed by atoms with Gasteiger partial charge in [-0.15, -0.1) is 0 Å². The topological polar surface area (TPSA) is 0 Å². The van der Waals surface area contributed by atoms with Crippen LogP contribution in [0.15, 0.2) is 30.6 Å². The van der Waals surface area contributed by atoms with Gasteiger partial charge in [0, 0.05) is 0 Å². The standard InChI is InChI=1S/C22H29F3/c23-14-2-1-3-16-4-6-17(7-5-16)18-8-10-19(11-9-18)20-12-13-21(24)22(25)15-20/h2,12-19H,1,3-11H2/b14-2+/t16-,17-,18?,19?. The van der Waals surface area contributed by atoms with E-state index in [9.17, 15) is 13.2 Å². The number of rotatable bonds is 5. The summed E-state index contributed by atoms with van der Waals surface area (Å²) in [4.78, 5) is 0. The number of hydrogen-bond acceptors (Lipinski definition) is 0. The van der Waals surface area contributed by atoms with Crippen LogP contribution in [0.1, 0.15) is 75.7 Å². The van der Waals surface area contributed by atoms with Gasteiger partial charge in [-0.1, -0.05) is 25.0 Å². The van der Waals surface area contributed by atoms with Crippen molar-refractivity contribution in [1.82, 2.24) is 0 Å². The van der Waals surface area contributed by atoms with Gasteiger partial charge in [-0.05, 0) is 92.7 Å². The van der Waals surface area contributed by atoms with Crippen molar-refractivity contribution in [3.63, 3.8) is 0 Å². The van der Waals surface area contributed by atoms with Crippen LogP contribution in [0, 0.1) is 29.4 Å². The highest BCUT2D eigenvalue weighted by Crippen LogP contribution is 2.44. The lowest BCUT2D eigenvalue weighted by molar-refractivity contribution is 0.157. The third-order valence-corrected chi connectivity index (χ3v) is 6.58. The Morgan fingerprint density at radius 2 is 1.48 bits per heavy atom. The zero-order valence-electron chi connectivity index (χ0n) is 14.9. The first-order valence-electron chi connectivity index (χ1n) is 9.87. The first-order valence-corrected chi connectivity index (χ1v) is 9.87. The highest BCUT2D eigenvalue weighted by atomic mass is 19.2. The largest absolute Gasteiger partial charge is 0.216 e. The summed E-state index contributed by atoms with van der Waals surface area (Å²) in [5.74, 6) is 1.31. The number of benzene rings is 1. The lowest BCUT2D eigenvalue weighted by Gasteiger charge is -2.38. The van der Waals surface area contributed by atoms with Crippen LogP contribution in [0.2, 0.25) is 0 Å². The molecular formula is C22H29F3. The fourth-order valence-corrected chi connectivity index (χ4v) is 5.03. The molecule has 1 aromatic rings. The average Bonchev–Trinajstić information content (AvgIpc) is 2.65.